The number of hydrogen-bond acceptors (Lipinski definition) is 9. The molecule has 0 aliphatic carbocycles. The van der Waals surface area contributed by atoms with Crippen LogP contribution < -0.4 is 30.3 Å². The largest absolute Gasteiger partial charge is 0.490 e. The lowest BCUT2D eigenvalue weighted by molar-refractivity contribution is -0.136. The summed E-state index contributed by atoms with van der Waals surface area (Å²) in [4.78, 5) is 24.6. The van der Waals surface area contributed by atoms with Crippen molar-refractivity contribution in [3.8, 4) is 17.2 Å². The summed E-state index contributed by atoms with van der Waals surface area (Å²) >= 11 is 6.23. The second-order valence-corrected chi connectivity index (χ2v) is 9.74. The molecule has 0 radical (unpaired) electrons. The fourth-order valence-corrected chi connectivity index (χ4v) is 4.49. The summed E-state index contributed by atoms with van der Waals surface area (Å²) in [5.74, 6) is 0.757. The van der Waals surface area contributed by atoms with E-state index in [1.807, 2.05) is 49.4 Å². The Bertz CT molecular complexity index is 1510. The number of nitrogens with one attached hydrogen (secondary N) is 3. The minimum absolute atomic E-state index is 0.155. The van der Waals surface area contributed by atoms with Crippen molar-refractivity contribution >= 4 is 29.8 Å². The van der Waals surface area contributed by atoms with Crippen molar-refractivity contribution in [3.63, 3.8) is 0 Å². The summed E-state index contributed by atoms with van der Waals surface area (Å²) in [6, 6.07) is 18.6. The summed E-state index contributed by atoms with van der Waals surface area (Å²) in [6.45, 7) is 3.91. The number of halogens is 1. The van der Waals surface area contributed by atoms with Gasteiger partial charge in [0.1, 0.15) is 19.0 Å². The van der Waals surface area contributed by atoms with Crippen molar-refractivity contribution in [2.24, 2.45) is 5.10 Å². The number of allylic oxidation sites excluding steroid dienone is 1. The second-order valence-electron chi connectivity index (χ2n) is 9.33. The van der Waals surface area contributed by atoms with Gasteiger partial charge in [-0.15, -0.1) is 0 Å². The van der Waals surface area contributed by atoms with Crippen LogP contribution in [0.4, 0.5) is 4.79 Å². The lowest BCUT2D eigenvalue weighted by Gasteiger charge is -2.28. The molecule has 1 aliphatic heterocycles. The molecule has 0 bridgehead atoms. The normalized spacial score (nSPS) is 15.4. The molecule has 4 N–H and O–H groups in total. The van der Waals surface area contributed by atoms with E-state index < -0.39 is 24.3 Å². The van der Waals surface area contributed by atoms with Gasteiger partial charge in [-0.2, -0.15) is 5.10 Å². The van der Waals surface area contributed by atoms with Gasteiger partial charge in [0.05, 0.1) is 31.5 Å². The van der Waals surface area contributed by atoms with E-state index in [0.29, 0.717) is 52.3 Å². The van der Waals surface area contributed by atoms with Crippen LogP contribution in [0.5, 0.6) is 17.2 Å². The van der Waals surface area contributed by atoms with Crippen LogP contribution in [0.2, 0.25) is 5.02 Å². The van der Waals surface area contributed by atoms with Gasteiger partial charge in [-0.05, 0) is 49.7 Å². The molecule has 0 fully saturated rings. The van der Waals surface area contributed by atoms with Gasteiger partial charge in [0.15, 0.2) is 17.7 Å². The van der Waals surface area contributed by atoms with E-state index in [1.165, 1.54) is 13.3 Å². The van der Waals surface area contributed by atoms with Crippen LogP contribution in [0.1, 0.15) is 36.6 Å². The smallest absolute Gasteiger partial charge is 0.337 e. The van der Waals surface area contributed by atoms with Crippen molar-refractivity contribution in [1.29, 1.82) is 0 Å². The number of carbonyl (C=O) groups is 2. The first kappa shape index (κ1) is 31.2. The third-order valence-corrected chi connectivity index (χ3v) is 6.73. The SMILES string of the molecule is CCOc1cc([C@@H]2NC(=O)NC(C)=C2C(=O)OC)ccc1OC[C@H](O)N/N=C/c1ccccc1OCc1ccccc1Cl. The highest BCUT2D eigenvalue weighted by atomic mass is 35.5. The third kappa shape index (κ3) is 8.18. The summed E-state index contributed by atoms with van der Waals surface area (Å²) in [6.07, 6.45) is 0.384. The molecule has 1 heterocycles. The van der Waals surface area contributed by atoms with Gasteiger partial charge in [0.2, 0.25) is 0 Å². The molecule has 0 aromatic heterocycles. The van der Waals surface area contributed by atoms with Gasteiger partial charge < -0.3 is 34.7 Å². The van der Waals surface area contributed by atoms with E-state index in [-0.39, 0.29) is 12.2 Å². The Morgan fingerprint density at radius 1 is 1.07 bits per heavy atom. The average molecular weight is 609 g/mol. The number of esters is 1. The number of amides is 2. The quantitative estimate of drug-likeness (QED) is 0.0967. The second kappa shape index (κ2) is 14.9. The van der Waals surface area contributed by atoms with Gasteiger partial charge in [-0.25, -0.2) is 9.59 Å². The average Bonchev–Trinajstić information content (AvgIpc) is 3.00. The fourth-order valence-electron chi connectivity index (χ4n) is 4.30. The standard InChI is InChI=1S/C31H33ClN4O7/c1-4-41-26-15-20(29-28(30(38)40-3)19(2)34-31(39)35-29)13-14-25(26)43-18-27(37)36-33-16-21-9-6-8-12-24(21)42-17-22-10-5-7-11-23(22)32/h5-16,27,29,36-37H,4,17-18H2,1-3H3,(H2,34,35,39)/b33-16+/t27-,29-/m0/s1. The fraction of sp³-hybridized carbons (Fsp3) is 0.258. The number of rotatable bonds is 13. The maximum Gasteiger partial charge on any atom is 0.337 e. The zero-order chi connectivity index (χ0) is 30.8. The summed E-state index contributed by atoms with van der Waals surface area (Å²) < 4.78 is 22.4. The third-order valence-electron chi connectivity index (χ3n) is 6.36. The van der Waals surface area contributed by atoms with Gasteiger partial charge in [-0.1, -0.05) is 48.0 Å². The van der Waals surface area contributed by atoms with E-state index in [4.69, 9.17) is 30.5 Å². The van der Waals surface area contributed by atoms with Crippen LogP contribution in [0.3, 0.4) is 0 Å². The molecule has 11 nitrogen and oxygen atoms in total. The predicted molar refractivity (Wildman–Crippen MR) is 161 cm³/mol. The predicted octanol–water partition coefficient (Wildman–Crippen LogP) is 4.44. The number of nitrogens with zero attached hydrogens (tertiary/aromatic N) is 1. The molecule has 3 aromatic carbocycles. The van der Waals surface area contributed by atoms with Crippen LogP contribution >= 0.6 is 11.6 Å². The molecular formula is C31H33ClN4O7. The maximum absolute atomic E-state index is 12.4. The molecule has 226 valence electrons. The van der Waals surface area contributed by atoms with Gasteiger partial charge >= 0.3 is 12.0 Å². The minimum Gasteiger partial charge on any atom is -0.490 e. The summed E-state index contributed by atoms with van der Waals surface area (Å²) in [7, 11) is 1.27. The molecule has 0 unspecified atom stereocenters. The topological polar surface area (TPSA) is 140 Å². The molecule has 2 atom stereocenters. The maximum atomic E-state index is 12.4. The number of carbonyl (C=O) groups excluding carboxylic acids is 2. The number of urea groups is 1. The first-order valence-corrected chi connectivity index (χ1v) is 13.9. The van der Waals surface area contributed by atoms with E-state index in [9.17, 15) is 14.7 Å². The number of hydrogen-bond donors (Lipinski definition) is 4. The Labute approximate surface area is 254 Å². The Balaban J connectivity index is 1.39. The Morgan fingerprint density at radius 2 is 1.84 bits per heavy atom. The van der Waals surface area contributed by atoms with E-state index >= 15 is 0 Å². The van der Waals surface area contributed by atoms with Crippen LogP contribution in [0.15, 0.2) is 83.1 Å². The molecule has 1 aliphatic rings. The van der Waals surface area contributed by atoms with Crippen molar-refractivity contribution < 1.29 is 33.6 Å². The first-order valence-electron chi connectivity index (χ1n) is 13.5. The minimum atomic E-state index is -1.15. The molecule has 0 saturated carbocycles. The van der Waals surface area contributed by atoms with Crippen LogP contribution in [0, 0.1) is 0 Å². The van der Waals surface area contributed by atoms with Gasteiger partial charge in [0, 0.05) is 21.8 Å². The zero-order valence-corrected chi connectivity index (χ0v) is 24.7. The first-order chi connectivity index (χ1) is 20.8. The number of ether oxygens (including phenoxy) is 4. The molecule has 0 spiro atoms. The van der Waals surface area contributed by atoms with E-state index in [1.54, 1.807) is 31.2 Å². The molecule has 3 aromatic rings. The van der Waals surface area contributed by atoms with Crippen LogP contribution in [-0.4, -0.2) is 49.9 Å². The molecule has 43 heavy (non-hydrogen) atoms. The van der Waals surface area contributed by atoms with Crippen LogP contribution in [-0.2, 0) is 16.1 Å². The van der Waals surface area contributed by atoms with E-state index in [0.717, 1.165) is 5.56 Å². The number of hydrazone groups is 1. The molecule has 12 heteroatoms. The molecule has 4 rings (SSSR count). The Kier molecular flexibility index (Phi) is 10.8. The van der Waals surface area contributed by atoms with Crippen molar-refractivity contribution in [2.45, 2.75) is 32.7 Å². The Hall–Kier alpha value is -4.74. The highest BCUT2D eigenvalue weighted by molar-refractivity contribution is 6.31. The van der Waals surface area contributed by atoms with Gasteiger partial charge in [-0.3, -0.25) is 5.43 Å². The highest BCUT2D eigenvalue weighted by Crippen LogP contribution is 2.35. The van der Waals surface area contributed by atoms with Crippen molar-refractivity contribution in [3.05, 3.63) is 99.7 Å². The number of aliphatic hydroxyl groups is 1. The molecule has 0 saturated heterocycles. The van der Waals surface area contributed by atoms with Crippen LogP contribution in [0.25, 0.3) is 0 Å². The number of aliphatic hydroxyl groups excluding tert-OH is 1. The molecule has 2 amide bonds. The zero-order valence-electron chi connectivity index (χ0n) is 23.9. The lowest BCUT2D eigenvalue weighted by Crippen LogP contribution is -2.45. The monoisotopic (exact) mass is 608 g/mol. The summed E-state index contributed by atoms with van der Waals surface area (Å²) in [5.41, 5.74) is 5.44. The molecular weight excluding hydrogens is 576 g/mol. The van der Waals surface area contributed by atoms with Crippen molar-refractivity contribution in [2.75, 3.05) is 20.3 Å². The Morgan fingerprint density at radius 3 is 2.60 bits per heavy atom. The number of para-hydroxylation sites is 1. The lowest BCUT2D eigenvalue weighted by atomic mass is 9.95. The summed E-state index contributed by atoms with van der Waals surface area (Å²) in [5, 5.41) is 20.5. The van der Waals surface area contributed by atoms with Gasteiger partial charge in [0.25, 0.3) is 0 Å². The number of methoxy groups -OCH3 is 1. The number of benzene rings is 3. The highest BCUT2D eigenvalue weighted by Gasteiger charge is 2.32. The van der Waals surface area contributed by atoms with Crippen molar-refractivity contribution in [1.82, 2.24) is 16.1 Å². The van der Waals surface area contributed by atoms with E-state index in [2.05, 4.69) is 21.2 Å².